The second-order valence-corrected chi connectivity index (χ2v) is 8.26. The Labute approximate surface area is 160 Å². The van der Waals surface area contributed by atoms with Gasteiger partial charge in [-0.15, -0.1) is 0 Å². The molecule has 2 aromatic heterocycles. The summed E-state index contributed by atoms with van der Waals surface area (Å²) < 4.78 is 1.93. The number of rotatable bonds is 5. The fourth-order valence-electron chi connectivity index (χ4n) is 3.67. The number of likely N-dealkylation sites (tertiary alicyclic amines) is 1. The number of carbonyl (C=O) groups is 1. The Hall–Kier alpha value is -1.69. The molecular weight excluding hydrogens is 344 g/mol. The highest BCUT2D eigenvalue weighted by Gasteiger charge is 2.24. The Morgan fingerprint density at radius 1 is 1.08 bits per heavy atom. The molecule has 0 bridgehead atoms. The lowest BCUT2D eigenvalue weighted by Gasteiger charge is -2.19. The summed E-state index contributed by atoms with van der Waals surface area (Å²) in [7, 11) is 0. The maximum Gasteiger partial charge on any atom is 0.265 e. The van der Waals surface area contributed by atoms with Gasteiger partial charge in [-0.2, -0.15) is 5.10 Å². The van der Waals surface area contributed by atoms with Crippen molar-refractivity contribution in [1.29, 1.82) is 0 Å². The van der Waals surface area contributed by atoms with Crippen LogP contribution in [0.4, 0.5) is 0 Å². The van der Waals surface area contributed by atoms with Gasteiger partial charge >= 0.3 is 0 Å². The fraction of sp³-hybridized carbons (Fsp3) is 0.650. The molecule has 1 aliphatic heterocycles. The molecule has 26 heavy (non-hydrogen) atoms. The Morgan fingerprint density at radius 3 is 2.42 bits per heavy atom. The van der Waals surface area contributed by atoms with Crippen molar-refractivity contribution in [1.82, 2.24) is 19.7 Å². The monoisotopic (exact) mass is 374 g/mol. The summed E-state index contributed by atoms with van der Waals surface area (Å²) in [4.78, 5) is 20.4. The minimum absolute atomic E-state index is 0.140. The average Bonchev–Trinajstić information content (AvgIpc) is 2.99. The van der Waals surface area contributed by atoms with Gasteiger partial charge in [-0.05, 0) is 52.0 Å². The van der Waals surface area contributed by atoms with Crippen LogP contribution in [0, 0.1) is 20.8 Å². The minimum atomic E-state index is 0.140. The molecule has 0 atom stereocenters. The predicted molar refractivity (Wildman–Crippen MR) is 106 cm³/mol. The molecule has 1 saturated heterocycles. The molecule has 0 aliphatic carbocycles. The number of amides is 1. The van der Waals surface area contributed by atoms with E-state index in [-0.39, 0.29) is 5.91 Å². The second-order valence-electron chi connectivity index (χ2n) is 7.28. The van der Waals surface area contributed by atoms with Crippen LogP contribution < -0.4 is 0 Å². The SMILES string of the molecule is CCCCc1c(C)nn(-c2nc(C)c(C(=O)N3CCCCCC3)s2)c1C. The largest absolute Gasteiger partial charge is 0.338 e. The van der Waals surface area contributed by atoms with Crippen LogP contribution in [0.3, 0.4) is 0 Å². The van der Waals surface area contributed by atoms with Gasteiger partial charge in [-0.25, -0.2) is 9.67 Å². The summed E-state index contributed by atoms with van der Waals surface area (Å²) in [6.45, 7) is 10.1. The number of aromatic nitrogens is 3. The van der Waals surface area contributed by atoms with Crippen LogP contribution in [0.25, 0.3) is 5.13 Å². The quantitative estimate of drug-likeness (QED) is 0.768. The smallest absolute Gasteiger partial charge is 0.265 e. The van der Waals surface area contributed by atoms with Crippen LogP contribution in [-0.2, 0) is 6.42 Å². The minimum Gasteiger partial charge on any atom is -0.338 e. The summed E-state index contributed by atoms with van der Waals surface area (Å²) in [5.41, 5.74) is 4.37. The van der Waals surface area contributed by atoms with Crippen molar-refractivity contribution < 1.29 is 4.79 Å². The number of aryl methyl sites for hydroxylation is 2. The third-order valence-corrected chi connectivity index (χ3v) is 6.40. The highest BCUT2D eigenvalue weighted by Crippen LogP contribution is 2.27. The van der Waals surface area contributed by atoms with Crippen LogP contribution in [-0.4, -0.2) is 38.7 Å². The first-order chi connectivity index (χ1) is 12.5. The fourth-order valence-corrected chi connectivity index (χ4v) is 4.70. The van der Waals surface area contributed by atoms with Crippen LogP contribution in [0.15, 0.2) is 0 Å². The number of carbonyl (C=O) groups excluding carboxylic acids is 1. The van der Waals surface area contributed by atoms with Gasteiger partial charge in [0, 0.05) is 18.8 Å². The molecule has 0 radical (unpaired) electrons. The zero-order valence-electron chi connectivity index (χ0n) is 16.5. The van der Waals surface area contributed by atoms with E-state index in [4.69, 9.17) is 5.10 Å². The first-order valence-corrected chi connectivity index (χ1v) is 10.7. The average molecular weight is 375 g/mol. The van der Waals surface area contributed by atoms with Crippen molar-refractivity contribution >= 4 is 17.2 Å². The Kier molecular flexibility index (Phi) is 6.12. The van der Waals surface area contributed by atoms with Crippen molar-refractivity contribution in [3.05, 3.63) is 27.5 Å². The summed E-state index contributed by atoms with van der Waals surface area (Å²) in [6, 6.07) is 0. The van der Waals surface area contributed by atoms with Gasteiger partial charge in [-0.3, -0.25) is 4.79 Å². The summed E-state index contributed by atoms with van der Waals surface area (Å²) in [5, 5.41) is 5.52. The molecule has 1 amide bonds. The summed E-state index contributed by atoms with van der Waals surface area (Å²) in [5.74, 6) is 0.140. The first kappa shape index (κ1) is 19.1. The Balaban J connectivity index is 1.87. The van der Waals surface area contributed by atoms with E-state index in [9.17, 15) is 4.79 Å². The third kappa shape index (κ3) is 3.85. The zero-order chi connectivity index (χ0) is 18.7. The van der Waals surface area contributed by atoms with E-state index in [0.29, 0.717) is 0 Å². The molecule has 0 spiro atoms. The maximum atomic E-state index is 13.0. The van der Waals surface area contributed by atoms with Crippen molar-refractivity contribution in [3.8, 4) is 5.13 Å². The van der Waals surface area contributed by atoms with Gasteiger partial charge in [0.05, 0.1) is 11.4 Å². The van der Waals surface area contributed by atoms with E-state index in [0.717, 1.165) is 59.4 Å². The Bertz CT molecular complexity index is 769. The molecule has 0 N–H and O–H groups in total. The molecular formula is C20H30N4OS. The van der Waals surface area contributed by atoms with Crippen LogP contribution in [0.2, 0.25) is 0 Å². The predicted octanol–water partition coefficient (Wildman–Crippen LogP) is 4.61. The van der Waals surface area contributed by atoms with E-state index < -0.39 is 0 Å². The summed E-state index contributed by atoms with van der Waals surface area (Å²) >= 11 is 1.48. The van der Waals surface area contributed by atoms with Gasteiger partial charge in [-0.1, -0.05) is 37.5 Å². The lowest BCUT2D eigenvalue weighted by molar-refractivity contribution is 0.0765. The van der Waals surface area contributed by atoms with Crippen molar-refractivity contribution in [2.45, 2.75) is 72.6 Å². The molecule has 6 heteroatoms. The molecule has 1 aliphatic rings. The van der Waals surface area contributed by atoms with E-state index >= 15 is 0 Å². The number of hydrogen-bond acceptors (Lipinski definition) is 4. The van der Waals surface area contributed by atoms with E-state index in [2.05, 4.69) is 25.8 Å². The highest BCUT2D eigenvalue weighted by atomic mass is 32.1. The van der Waals surface area contributed by atoms with E-state index in [1.807, 2.05) is 16.5 Å². The number of unbranched alkanes of at least 4 members (excludes halogenated alkanes) is 1. The molecule has 3 heterocycles. The highest BCUT2D eigenvalue weighted by molar-refractivity contribution is 7.16. The topological polar surface area (TPSA) is 51.0 Å². The van der Waals surface area contributed by atoms with E-state index in [1.165, 1.54) is 42.6 Å². The molecule has 2 aromatic rings. The van der Waals surface area contributed by atoms with E-state index in [1.54, 1.807) is 0 Å². The third-order valence-electron chi connectivity index (χ3n) is 5.28. The molecule has 0 aromatic carbocycles. The molecule has 3 rings (SSSR count). The molecule has 0 unspecified atom stereocenters. The lowest BCUT2D eigenvalue weighted by Crippen LogP contribution is -2.31. The number of hydrogen-bond donors (Lipinski definition) is 0. The molecule has 1 fully saturated rings. The zero-order valence-corrected chi connectivity index (χ0v) is 17.3. The Morgan fingerprint density at radius 2 is 1.77 bits per heavy atom. The normalized spacial score (nSPS) is 15.3. The molecule has 5 nitrogen and oxygen atoms in total. The van der Waals surface area contributed by atoms with Gasteiger partial charge in [0.1, 0.15) is 4.88 Å². The summed E-state index contributed by atoms with van der Waals surface area (Å²) in [6.07, 6.45) is 8.06. The van der Waals surface area contributed by atoms with Crippen molar-refractivity contribution in [2.24, 2.45) is 0 Å². The van der Waals surface area contributed by atoms with Gasteiger partial charge in [0.15, 0.2) is 0 Å². The van der Waals surface area contributed by atoms with Gasteiger partial charge < -0.3 is 4.90 Å². The molecule has 0 saturated carbocycles. The van der Waals surface area contributed by atoms with Crippen molar-refractivity contribution in [2.75, 3.05) is 13.1 Å². The van der Waals surface area contributed by atoms with Gasteiger partial charge in [0.25, 0.3) is 5.91 Å². The number of thiazole rings is 1. The standard InChI is InChI=1S/C20H30N4OS/c1-5-6-11-17-14(2)22-24(16(17)4)20-21-15(3)18(26-20)19(25)23-12-9-7-8-10-13-23/h5-13H2,1-4H3. The maximum absolute atomic E-state index is 13.0. The van der Waals surface area contributed by atoms with Gasteiger partial charge in [0.2, 0.25) is 5.13 Å². The lowest BCUT2D eigenvalue weighted by atomic mass is 10.1. The molecule has 142 valence electrons. The van der Waals surface area contributed by atoms with Crippen LogP contribution in [0.5, 0.6) is 0 Å². The first-order valence-electron chi connectivity index (χ1n) is 9.85. The van der Waals surface area contributed by atoms with Crippen LogP contribution in [0.1, 0.15) is 77.8 Å². The van der Waals surface area contributed by atoms with Crippen molar-refractivity contribution in [3.63, 3.8) is 0 Å². The van der Waals surface area contributed by atoms with Crippen LogP contribution >= 0.6 is 11.3 Å². The number of nitrogens with zero attached hydrogens (tertiary/aromatic N) is 4. The second kappa shape index (κ2) is 8.33.